The fraction of sp³-hybridized carbons (Fsp3) is 0.130. The molecular weight excluding hydrogens is 468 g/mol. The minimum absolute atomic E-state index is 0.0122. The van der Waals surface area contributed by atoms with Crippen molar-refractivity contribution in [2.75, 3.05) is 23.7 Å². The quantitative estimate of drug-likeness (QED) is 0.449. The van der Waals surface area contributed by atoms with Crippen molar-refractivity contribution in [2.45, 2.75) is 11.8 Å². The van der Waals surface area contributed by atoms with Crippen LogP contribution < -0.4 is 20.1 Å². The summed E-state index contributed by atoms with van der Waals surface area (Å²) in [6.45, 7) is 1.37. The van der Waals surface area contributed by atoms with Crippen LogP contribution in [0.3, 0.4) is 0 Å². The number of nitrogens with one attached hydrogen (secondary N) is 3. The lowest BCUT2D eigenvalue weighted by molar-refractivity contribution is -0.115. The zero-order valence-electron chi connectivity index (χ0n) is 18.2. The molecule has 0 saturated heterocycles. The molecule has 0 bridgehead atoms. The zero-order valence-corrected chi connectivity index (χ0v) is 19.0. The van der Waals surface area contributed by atoms with Gasteiger partial charge in [-0.2, -0.15) is 0 Å². The van der Waals surface area contributed by atoms with Crippen LogP contribution >= 0.6 is 0 Å². The third-order valence-corrected chi connectivity index (χ3v) is 6.03. The Hall–Kier alpha value is -3.99. The molecule has 0 fully saturated rings. The number of rotatable bonds is 8. The van der Waals surface area contributed by atoms with Crippen molar-refractivity contribution < 1.29 is 31.5 Å². The molecule has 8 nitrogen and oxygen atoms in total. The molecule has 3 aromatic rings. The molecule has 0 aromatic heterocycles. The van der Waals surface area contributed by atoms with Crippen molar-refractivity contribution in [1.82, 2.24) is 5.32 Å². The van der Waals surface area contributed by atoms with Crippen molar-refractivity contribution in [3.05, 3.63) is 83.4 Å². The summed E-state index contributed by atoms with van der Waals surface area (Å²) in [6.07, 6.45) is 0. The number of carbonyl (C=O) groups is 2. The molecule has 3 aromatic carbocycles. The second-order valence-corrected chi connectivity index (χ2v) is 8.85. The van der Waals surface area contributed by atoms with Gasteiger partial charge in [0.15, 0.2) is 11.6 Å². The largest absolute Gasteiger partial charge is 0.495 e. The molecule has 3 rings (SSSR count). The Morgan fingerprint density at radius 2 is 1.59 bits per heavy atom. The molecule has 0 radical (unpaired) electrons. The van der Waals surface area contributed by atoms with E-state index in [-0.39, 0.29) is 21.9 Å². The van der Waals surface area contributed by atoms with Crippen LogP contribution in [-0.4, -0.2) is 33.9 Å². The Labute approximate surface area is 195 Å². The summed E-state index contributed by atoms with van der Waals surface area (Å²) in [6, 6.07) is 13.3. The summed E-state index contributed by atoms with van der Waals surface area (Å²) in [7, 11) is -2.81. The Balaban J connectivity index is 1.72. The van der Waals surface area contributed by atoms with Gasteiger partial charge in [-0.15, -0.1) is 0 Å². The molecule has 3 N–H and O–H groups in total. The fourth-order valence-electron chi connectivity index (χ4n) is 2.90. The van der Waals surface area contributed by atoms with E-state index >= 15 is 0 Å². The van der Waals surface area contributed by atoms with Gasteiger partial charge in [0.05, 0.1) is 13.7 Å². The highest BCUT2D eigenvalue weighted by molar-refractivity contribution is 7.92. The van der Waals surface area contributed by atoms with Gasteiger partial charge in [-0.05, 0) is 49.4 Å². The molecule has 34 heavy (non-hydrogen) atoms. The molecule has 0 unspecified atom stereocenters. The normalized spacial score (nSPS) is 10.9. The Bertz CT molecular complexity index is 1330. The average Bonchev–Trinajstić information content (AvgIpc) is 2.81. The molecule has 0 saturated carbocycles. The topological polar surface area (TPSA) is 114 Å². The fourth-order valence-corrected chi connectivity index (χ4v) is 4.16. The SMILES string of the molecule is COc1ccc(C(=O)NCC(=O)Nc2ccc(F)c(F)c2)cc1S(=O)(=O)Nc1ccc(C)cc1. The number of hydrogen-bond acceptors (Lipinski definition) is 5. The minimum atomic E-state index is -4.10. The molecule has 0 atom stereocenters. The Morgan fingerprint density at radius 3 is 2.24 bits per heavy atom. The number of aryl methyl sites for hydroxylation is 1. The van der Waals surface area contributed by atoms with Gasteiger partial charge < -0.3 is 15.4 Å². The van der Waals surface area contributed by atoms with Gasteiger partial charge in [0.25, 0.3) is 15.9 Å². The van der Waals surface area contributed by atoms with E-state index in [0.29, 0.717) is 5.69 Å². The standard InChI is InChI=1S/C23H21F2N3O5S/c1-14-3-6-16(7-4-14)28-34(31,32)21-11-15(5-10-20(21)33-2)23(30)26-13-22(29)27-17-8-9-18(24)19(25)12-17/h3-12,28H,13H2,1-2H3,(H,26,30)(H,27,29). The van der Waals surface area contributed by atoms with Crippen molar-refractivity contribution >= 4 is 33.2 Å². The van der Waals surface area contributed by atoms with Crippen LogP contribution in [0.25, 0.3) is 0 Å². The maximum Gasteiger partial charge on any atom is 0.265 e. The van der Waals surface area contributed by atoms with E-state index in [1.165, 1.54) is 25.3 Å². The van der Waals surface area contributed by atoms with Gasteiger partial charge in [-0.25, -0.2) is 17.2 Å². The lowest BCUT2D eigenvalue weighted by Gasteiger charge is -2.13. The number of halogens is 2. The van der Waals surface area contributed by atoms with Crippen molar-refractivity contribution in [3.63, 3.8) is 0 Å². The van der Waals surface area contributed by atoms with Crippen molar-refractivity contribution in [1.29, 1.82) is 0 Å². The third-order valence-electron chi connectivity index (χ3n) is 4.63. The minimum Gasteiger partial charge on any atom is -0.495 e. The number of sulfonamides is 1. The summed E-state index contributed by atoms with van der Waals surface area (Å²) >= 11 is 0. The summed E-state index contributed by atoms with van der Waals surface area (Å²) in [5.41, 5.74) is 1.26. The lowest BCUT2D eigenvalue weighted by Crippen LogP contribution is -2.33. The molecule has 178 valence electrons. The van der Waals surface area contributed by atoms with Gasteiger partial charge in [-0.3, -0.25) is 14.3 Å². The number of benzene rings is 3. The second-order valence-electron chi connectivity index (χ2n) is 7.20. The number of anilines is 2. The van der Waals surface area contributed by atoms with Gasteiger partial charge in [0.1, 0.15) is 10.6 Å². The lowest BCUT2D eigenvalue weighted by atomic mass is 10.2. The number of carbonyl (C=O) groups excluding carboxylic acids is 2. The first-order chi connectivity index (χ1) is 16.1. The highest BCUT2D eigenvalue weighted by Crippen LogP contribution is 2.27. The third kappa shape index (κ3) is 6.07. The number of amides is 2. The summed E-state index contributed by atoms with van der Waals surface area (Å²) in [4.78, 5) is 24.3. The average molecular weight is 490 g/mol. The molecular formula is C23H21F2N3O5S. The number of hydrogen-bond donors (Lipinski definition) is 3. The first-order valence-electron chi connectivity index (χ1n) is 9.89. The highest BCUT2D eigenvalue weighted by atomic mass is 32.2. The smallest absolute Gasteiger partial charge is 0.265 e. The summed E-state index contributed by atoms with van der Waals surface area (Å²) in [5, 5.41) is 4.66. The second kappa shape index (κ2) is 10.3. The van der Waals surface area contributed by atoms with Crippen molar-refractivity contribution in [3.8, 4) is 5.75 Å². The number of methoxy groups -OCH3 is 1. The van der Waals surface area contributed by atoms with Crippen LogP contribution in [0, 0.1) is 18.6 Å². The first kappa shape index (κ1) is 24.6. The van der Waals surface area contributed by atoms with E-state index in [2.05, 4.69) is 15.4 Å². The summed E-state index contributed by atoms with van der Waals surface area (Å²) in [5.74, 6) is -3.59. The predicted molar refractivity (Wildman–Crippen MR) is 122 cm³/mol. The molecule has 0 aliphatic carbocycles. The molecule has 0 aliphatic heterocycles. The molecule has 0 heterocycles. The first-order valence-corrected chi connectivity index (χ1v) is 11.4. The maximum absolute atomic E-state index is 13.3. The summed E-state index contributed by atoms with van der Waals surface area (Å²) < 4.78 is 59.6. The highest BCUT2D eigenvalue weighted by Gasteiger charge is 2.22. The number of ether oxygens (including phenoxy) is 1. The van der Waals surface area contributed by atoms with Gasteiger partial charge in [-0.1, -0.05) is 17.7 Å². The van der Waals surface area contributed by atoms with E-state index in [0.717, 1.165) is 23.8 Å². The van der Waals surface area contributed by atoms with E-state index in [9.17, 15) is 26.8 Å². The molecule has 0 spiro atoms. The van der Waals surface area contributed by atoms with Crippen LogP contribution in [0.15, 0.2) is 65.6 Å². The zero-order chi connectivity index (χ0) is 24.9. The van der Waals surface area contributed by atoms with Crippen LogP contribution in [0.1, 0.15) is 15.9 Å². The van der Waals surface area contributed by atoms with Gasteiger partial charge in [0.2, 0.25) is 5.91 Å². The van der Waals surface area contributed by atoms with E-state index in [1.807, 2.05) is 6.92 Å². The van der Waals surface area contributed by atoms with Crippen LogP contribution in [-0.2, 0) is 14.8 Å². The van der Waals surface area contributed by atoms with E-state index in [1.54, 1.807) is 24.3 Å². The maximum atomic E-state index is 13.3. The molecule has 2 amide bonds. The van der Waals surface area contributed by atoms with Gasteiger partial charge >= 0.3 is 0 Å². The Kier molecular flexibility index (Phi) is 7.47. The van der Waals surface area contributed by atoms with Crippen molar-refractivity contribution in [2.24, 2.45) is 0 Å². The monoisotopic (exact) mass is 489 g/mol. The predicted octanol–water partition coefficient (Wildman–Crippen LogP) is 3.45. The van der Waals surface area contributed by atoms with E-state index in [4.69, 9.17) is 4.74 Å². The van der Waals surface area contributed by atoms with E-state index < -0.39 is 40.0 Å². The molecule has 11 heteroatoms. The molecule has 0 aliphatic rings. The Morgan fingerprint density at radius 1 is 0.912 bits per heavy atom. The van der Waals surface area contributed by atoms with Crippen LogP contribution in [0.5, 0.6) is 5.75 Å². The van der Waals surface area contributed by atoms with Crippen LogP contribution in [0.2, 0.25) is 0 Å². The van der Waals surface area contributed by atoms with Crippen LogP contribution in [0.4, 0.5) is 20.2 Å². The van der Waals surface area contributed by atoms with Gasteiger partial charge in [0, 0.05) is 23.0 Å².